The first-order valence-corrected chi connectivity index (χ1v) is 14.6. The van der Waals surface area contributed by atoms with Gasteiger partial charge in [-0.3, -0.25) is 14.4 Å². The first-order chi connectivity index (χ1) is 19.3. The van der Waals surface area contributed by atoms with Gasteiger partial charge >= 0.3 is 0 Å². The molecule has 0 unspecified atom stereocenters. The van der Waals surface area contributed by atoms with Crippen molar-refractivity contribution in [1.29, 1.82) is 0 Å². The van der Waals surface area contributed by atoms with Gasteiger partial charge in [0.05, 0.1) is 16.6 Å². The summed E-state index contributed by atoms with van der Waals surface area (Å²) in [6, 6.07) is 10.8. The first-order valence-electron chi connectivity index (χ1n) is 13.8. The van der Waals surface area contributed by atoms with Crippen LogP contribution in [0.4, 0.5) is 0 Å². The summed E-state index contributed by atoms with van der Waals surface area (Å²) in [5.41, 5.74) is 1.84. The molecule has 2 N–H and O–H groups in total. The molecule has 10 heteroatoms. The van der Waals surface area contributed by atoms with E-state index in [9.17, 15) is 14.4 Å². The van der Waals surface area contributed by atoms with E-state index in [4.69, 9.17) is 27.6 Å². The van der Waals surface area contributed by atoms with E-state index < -0.39 is 29.7 Å². The summed E-state index contributed by atoms with van der Waals surface area (Å²) in [5, 5.41) is 14.4. The van der Waals surface area contributed by atoms with Crippen molar-refractivity contribution in [3.63, 3.8) is 0 Å². The van der Waals surface area contributed by atoms with Crippen molar-refractivity contribution in [3.8, 4) is 11.1 Å². The van der Waals surface area contributed by atoms with Crippen LogP contribution in [0.1, 0.15) is 85.7 Å². The monoisotopic (exact) mass is 584 g/mol. The maximum atomic E-state index is 13.7. The highest BCUT2D eigenvalue weighted by Gasteiger charge is 2.35. The summed E-state index contributed by atoms with van der Waals surface area (Å²) in [5.74, 6) is -1.13. The predicted octanol–water partition coefficient (Wildman–Crippen LogP) is 6.45. The Hall–Kier alpha value is -3.23. The topological polar surface area (TPSA) is 114 Å². The summed E-state index contributed by atoms with van der Waals surface area (Å²) in [7, 11) is 0. The molecule has 4 rings (SSSR count). The number of halogens is 2. The summed E-state index contributed by atoms with van der Waals surface area (Å²) in [6.07, 6.45) is 6.17. The van der Waals surface area contributed by atoms with Gasteiger partial charge in [-0.1, -0.05) is 87.0 Å². The number of rotatable bonds is 11. The Morgan fingerprint density at radius 1 is 0.975 bits per heavy atom. The molecule has 3 aromatic rings. The molecule has 1 heterocycles. The van der Waals surface area contributed by atoms with E-state index in [1.54, 1.807) is 24.3 Å². The molecule has 1 fully saturated rings. The van der Waals surface area contributed by atoms with E-state index in [1.807, 2.05) is 32.0 Å². The summed E-state index contributed by atoms with van der Waals surface area (Å²) in [4.78, 5) is 40.2. The lowest BCUT2D eigenvalue weighted by atomic mass is 9.83. The van der Waals surface area contributed by atoms with E-state index in [0.29, 0.717) is 30.2 Å². The highest BCUT2D eigenvalue weighted by molar-refractivity contribution is 6.35. The Morgan fingerprint density at radius 2 is 1.73 bits per heavy atom. The molecule has 1 saturated carbocycles. The molecular formula is C30H34Cl2N4O4. The lowest BCUT2D eigenvalue weighted by Crippen LogP contribution is -2.55. The van der Waals surface area contributed by atoms with Crippen molar-refractivity contribution in [2.24, 2.45) is 5.92 Å². The maximum Gasteiger partial charge on any atom is 0.286 e. The molecule has 1 aliphatic carbocycles. The van der Waals surface area contributed by atoms with Gasteiger partial charge < -0.3 is 15.1 Å². The molecule has 2 atom stereocenters. The number of aryl methyl sites for hydroxylation is 1. The van der Waals surface area contributed by atoms with Gasteiger partial charge in [0, 0.05) is 17.0 Å². The first kappa shape index (κ1) is 29.7. The zero-order valence-corrected chi connectivity index (χ0v) is 24.2. The van der Waals surface area contributed by atoms with Crippen LogP contribution in [0, 0.1) is 5.92 Å². The number of aromatic nitrogens is 2. The molecule has 2 aromatic carbocycles. The fourth-order valence-electron chi connectivity index (χ4n) is 5.11. The largest absolute Gasteiger partial charge is 0.418 e. The van der Waals surface area contributed by atoms with Gasteiger partial charge in [0.1, 0.15) is 6.04 Å². The van der Waals surface area contributed by atoms with E-state index in [1.165, 1.54) is 0 Å². The molecule has 40 heavy (non-hydrogen) atoms. The Morgan fingerprint density at radius 3 is 2.38 bits per heavy atom. The quantitative estimate of drug-likeness (QED) is 0.250. The van der Waals surface area contributed by atoms with E-state index in [2.05, 4.69) is 20.8 Å². The molecule has 2 amide bonds. The second kappa shape index (κ2) is 13.9. The minimum Gasteiger partial charge on any atom is -0.418 e. The van der Waals surface area contributed by atoms with E-state index >= 15 is 0 Å². The van der Waals surface area contributed by atoms with Crippen LogP contribution >= 0.6 is 23.2 Å². The molecule has 1 aromatic heterocycles. The zero-order chi connectivity index (χ0) is 28.6. The second-order valence-corrected chi connectivity index (χ2v) is 10.9. The third-order valence-electron chi connectivity index (χ3n) is 7.28. The third-order valence-corrected chi connectivity index (χ3v) is 7.92. The molecular weight excluding hydrogens is 551 g/mol. The minimum atomic E-state index is -0.843. The third kappa shape index (κ3) is 7.09. The van der Waals surface area contributed by atoms with Crippen molar-refractivity contribution >= 4 is 40.8 Å². The zero-order valence-electron chi connectivity index (χ0n) is 22.7. The van der Waals surface area contributed by atoms with Crippen LogP contribution < -0.4 is 10.6 Å². The number of ketones is 1. The van der Waals surface area contributed by atoms with Gasteiger partial charge in [-0.15, -0.1) is 10.2 Å². The van der Waals surface area contributed by atoms with Gasteiger partial charge in [-0.05, 0) is 48.9 Å². The molecule has 1 aliphatic rings. The van der Waals surface area contributed by atoms with Crippen molar-refractivity contribution in [2.45, 2.75) is 77.3 Å². The summed E-state index contributed by atoms with van der Waals surface area (Å²) < 4.78 is 5.45. The molecule has 0 bridgehead atoms. The number of nitrogens with zero attached hydrogens (tertiary/aromatic N) is 2. The molecule has 0 radical (unpaired) electrons. The van der Waals surface area contributed by atoms with Crippen LogP contribution in [0.5, 0.6) is 0 Å². The number of carbonyl (C=O) groups is 3. The summed E-state index contributed by atoms with van der Waals surface area (Å²) in [6.45, 7) is 3.77. The van der Waals surface area contributed by atoms with Crippen LogP contribution in [-0.2, 0) is 11.2 Å². The lowest BCUT2D eigenvalue weighted by molar-refractivity contribution is -0.125. The van der Waals surface area contributed by atoms with Gasteiger partial charge in [0.25, 0.3) is 11.8 Å². The van der Waals surface area contributed by atoms with Crippen LogP contribution in [0.2, 0.25) is 10.0 Å². The molecule has 8 nitrogen and oxygen atoms in total. The average molecular weight is 586 g/mol. The van der Waals surface area contributed by atoms with Gasteiger partial charge in [0.2, 0.25) is 17.6 Å². The highest BCUT2D eigenvalue weighted by Crippen LogP contribution is 2.31. The van der Waals surface area contributed by atoms with E-state index in [-0.39, 0.29) is 22.4 Å². The van der Waals surface area contributed by atoms with Gasteiger partial charge in [-0.2, -0.15) is 0 Å². The van der Waals surface area contributed by atoms with Gasteiger partial charge in [0.15, 0.2) is 0 Å². The number of nitrogens with one attached hydrogen (secondary N) is 2. The number of Topliss-reactive ketones (excluding diaryl/α,β-unsaturated/α-hetero) is 1. The Labute approximate surface area is 244 Å². The Balaban J connectivity index is 1.54. The van der Waals surface area contributed by atoms with Crippen LogP contribution in [0.25, 0.3) is 11.1 Å². The maximum absolute atomic E-state index is 13.7. The SMILES string of the molecule is CCC[C@H](NC(=O)[C@@H](NC(=O)c1ccc(-c2ccccc2Cl)cc1Cl)C1CCCCC1)C(=O)c1nnc(CC)o1. The van der Waals surface area contributed by atoms with Crippen molar-refractivity contribution in [1.82, 2.24) is 20.8 Å². The Bertz CT molecular complexity index is 1350. The predicted molar refractivity (Wildman–Crippen MR) is 155 cm³/mol. The molecule has 0 spiro atoms. The number of benzene rings is 2. The number of amides is 2. The highest BCUT2D eigenvalue weighted by atomic mass is 35.5. The number of hydrogen-bond acceptors (Lipinski definition) is 6. The van der Waals surface area contributed by atoms with Gasteiger partial charge in [-0.25, -0.2) is 0 Å². The lowest BCUT2D eigenvalue weighted by Gasteiger charge is -2.31. The van der Waals surface area contributed by atoms with Crippen molar-refractivity contribution in [2.75, 3.05) is 0 Å². The normalized spacial score (nSPS) is 15.3. The van der Waals surface area contributed by atoms with Crippen LogP contribution in [0.15, 0.2) is 46.9 Å². The smallest absolute Gasteiger partial charge is 0.286 e. The fraction of sp³-hybridized carbons (Fsp3) is 0.433. The van der Waals surface area contributed by atoms with Crippen molar-refractivity contribution < 1.29 is 18.8 Å². The average Bonchev–Trinajstić information content (AvgIpc) is 3.45. The second-order valence-electron chi connectivity index (χ2n) is 10.1. The molecule has 0 saturated heterocycles. The molecule has 212 valence electrons. The number of carbonyl (C=O) groups excluding carboxylic acids is 3. The molecule has 0 aliphatic heterocycles. The minimum absolute atomic E-state index is 0.0636. The van der Waals surface area contributed by atoms with Crippen LogP contribution in [-0.4, -0.2) is 39.9 Å². The van der Waals surface area contributed by atoms with E-state index in [0.717, 1.165) is 43.2 Å². The van der Waals surface area contributed by atoms with Crippen LogP contribution in [0.3, 0.4) is 0 Å². The number of hydrogen-bond donors (Lipinski definition) is 2. The fourth-order valence-corrected chi connectivity index (χ4v) is 5.62. The van der Waals surface area contributed by atoms with Crippen molar-refractivity contribution in [3.05, 3.63) is 69.9 Å². The standard InChI is InChI=1S/C30H34Cl2N4O4/c1-3-10-24(27(37)30-36-35-25(4-2)40-30)33-29(39)26(18-11-6-5-7-12-18)34-28(38)21-16-15-19(17-23(21)32)20-13-8-9-14-22(20)31/h8-9,13-18,24,26H,3-7,10-12H2,1-2H3,(H,33,39)(H,34,38)/t24-,26-/m0/s1. The Kier molecular flexibility index (Phi) is 10.3. The summed E-state index contributed by atoms with van der Waals surface area (Å²) >= 11 is 12.9.